The van der Waals surface area contributed by atoms with E-state index >= 15 is 0 Å². The van der Waals surface area contributed by atoms with Gasteiger partial charge in [0.15, 0.2) is 5.65 Å². The van der Waals surface area contributed by atoms with Gasteiger partial charge < -0.3 is 20.1 Å². The molecule has 144 valence electrons. The summed E-state index contributed by atoms with van der Waals surface area (Å²) in [4.78, 5) is 21.9. The average Bonchev–Trinajstić information content (AvgIpc) is 3.30. The second-order valence-electron chi connectivity index (χ2n) is 6.92. The summed E-state index contributed by atoms with van der Waals surface area (Å²) in [6.07, 6.45) is 1.74. The number of aromatic amines is 1. The van der Waals surface area contributed by atoms with Gasteiger partial charge in [-0.2, -0.15) is 19.6 Å². The van der Waals surface area contributed by atoms with E-state index in [0.717, 1.165) is 53.2 Å². The third-order valence-corrected chi connectivity index (χ3v) is 5.51. The maximum absolute atomic E-state index is 4.76. The Bertz CT molecular complexity index is 1090. The molecule has 0 bridgehead atoms. The molecule has 28 heavy (non-hydrogen) atoms. The number of para-hydroxylation sites is 2. The molecule has 0 spiro atoms. The summed E-state index contributed by atoms with van der Waals surface area (Å²) in [6.45, 7) is 4.32. The molecular formula is C18H20BrN9. The fourth-order valence-electron chi connectivity index (χ4n) is 3.35. The number of likely N-dealkylation sites (N-methyl/N-ethyl adjacent to an activating group) is 1. The zero-order valence-corrected chi connectivity index (χ0v) is 17.0. The Hall–Kier alpha value is -2.72. The van der Waals surface area contributed by atoms with Crippen molar-refractivity contribution in [2.45, 2.75) is 6.54 Å². The Morgan fingerprint density at radius 2 is 1.93 bits per heavy atom. The van der Waals surface area contributed by atoms with Gasteiger partial charge >= 0.3 is 0 Å². The Morgan fingerprint density at radius 3 is 2.75 bits per heavy atom. The second-order valence-corrected chi connectivity index (χ2v) is 7.77. The molecule has 0 amide bonds. The van der Waals surface area contributed by atoms with Crippen molar-refractivity contribution in [3.8, 4) is 0 Å². The van der Waals surface area contributed by atoms with Crippen LogP contribution in [0.25, 0.3) is 16.7 Å². The maximum atomic E-state index is 4.76. The van der Waals surface area contributed by atoms with Gasteiger partial charge in [0.1, 0.15) is 5.82 Å². The summed E-state index contributed by atoms with van der Waals surface area (Å²) in [6, 6.07) is 7.99. The highest BCUT2D eigenvalue weighted by Crippen LogP contribution is 2.22. The van der Waals surface area contributed by atoms with Crippen LogP contribution in [0.15, 0.2) is 34.9 Å². The molecule has 3 aromatic heterocycles. The summed E-state index contributed by atoms with van der Waals surface area (Å²) < 4.78 is 2.56. The largest absolute Gasteiger partial charge is 0.347 e. The van der Waals surface area contributed by atoms with E-state index in [9.17, 15) is 0 Å². The van der Waals surface area contributed by atoms with Crippen LogP contribution in [0.2, 0.25) is 0 Å². The first-order valence-corrected chi connectivity index (χ1v) is 9.99. The molecule has 0 saturated carbocycles. The smallest absolute Gasteiger partial charge is 0.230 e. The first-order chi connectivity index (χ1) is 13.7. The molecule has 9 nitrogen and oxygen atoms in total. The number of hydrogen-bond donors (Lipinski definition) is 2. The minimum atomic E-state index is 0.514. The molecule has 2 N–H and O–H groups in total. The minimum Gasteiger partial charge on any atom is -0.347 e. The molecule has 0 unspecified atom stereocenters. The fraction of sp³-hybridized carbons (Fsp3) is 0.333. The summed E-state index contributed by atoms with van der Waals surface area (Å²) in [5, 5.41) is 7.76. The monoisotopic (exact) mass is 441 g/mol. The molecule has 0 aliphatic carbocycles. The van der Waals surface area contributed by atoms with Gasteiger partial charge in [-0.1, -0.05) is 12.1 Å². The van der Waals surface area contributed by atoms with Gasteiger partial charge in [0, 0.05) is 26.2 Å². The van der Waals surface area contributed by atoms with Crippen LogP contribution in [0, 0.1) is 0 Å². The highest BCUT2D eigenvalue weighted by Gasteiger charge is 2.20. The predicted molar refractivity (Wildman–Crippen MR) is 112 cm³/mol. The van der Waals surface area contributed by atoms with E-state index in [-0.39, 0.29) is 0 Å². The second kappa shape index (κ2) is 7.02. The van der Waals surface area contributed by atoms with Crippen molar-refractivity contribution in [1.29, 1.82) is 0 Å². The van der Waals surface area contributed by atoms with E-state index in [0.29, 0.717) is 18.4 Å². The Labute approximate surface area is 169 Å². The minimum absolute atomic E-state index is 0.514. The highest BCUT2D eigenvalue weighted by atomic mass is 79.9. The molecule has 1 aromatic carbocycles. The molecule has 10 heteroatoms. The van der Waals surface area contributed by atoms with Crippen molar-refractivity contribution in [2.75, 3.05) is 43.4 Å². The lowest BCUT2D eigenvalue weighted by Crippen LogP contribution is -2.45. The summed E-state index contributed by atoms with van der Waals surface area (Å²) in [5.74, 6) is 2.21. The van der Waals surface area contributed by atoms with E-state index in [4.69, 9.17) is 9.97 Å². The summed E-state index contributed by atoms with van der Waals surface area (Å²) in [5.41, 5.74) is 2.72. The number of anilines is 2. The number of nitrogens with one attached hydrogen (secondary N) is 2. The molecular weight excluding hydrogens is 422 g/mol. The van der Waals surface area contributed by atoms with E-state index in [2.05, 4.69) is 53.2 Å². The molecule has 0 atom stereocenters. The van der Waals surface area contributed by atoms with Crippen LogP contribution in [0.4, 0.5) is 11.9 Å². The van der Waals surface area contributed by atoms with Crippen molar-refractivity contribution < 1.29 is 0 Å². The first-order valence-electron chi connectivity index (χ1n) is 9.19. The lowest BCUT2D eigenvalue weighted by atomic mass is 10.3. The lowest BCUT2D eigenvalue weighted by molar-refractivity contribution is 0.311. The molecule has 1 aliphatic heterocycles. The number of rotatable bonds is 4. The Kier molecular flexibility index (Phi) is 4.36. The zero-order valence-electron chi connectivity index (χ0n) is 15.4. The zero-order chi connectivity index (χ0) is 19.1. The first kappa shape index (κ1) is 17.4. The summed E-state index contributed by atoms with van der Waals surface area (Å²) >= 11 is 3.54. The van der Waals surface area contributed by atoms with Crippen molar-refractivity contribution >= 4 is 44.5 Å². The fourth-order valence-corrected chi connectivity index (χ4v) is 3.70. The van der Waals surface area contributed by atoms with Crippen LogP contribution in [-0.2, 0) is 6.54 Å². The van der Waals surface area contributed by atoms with Gasteiger partial charge in [0.2, 0.25) is 11.9 Å². The van der Waals surface area contributed by atoms with Gasteiger partial charge in [-0.25, -0.2) is 4.98 Å². The van der Waals surface area contributed by atoms with Crippen LogP contribution in [0.3, 0.4) is 0 Å². The number of H-pyrrole nitrogens is 1. The molecule has 4 heterocycles. The topological polar surface area (TPSA) is 90.3 Å². The van der Waals surface area contributed by atoms with Crippen LogP contribution >= 0.6 is 15.9 Å². The summed E-state index contributed by atoms with van der Waals surface area (Å²) in [7, 11) is 2.13. The van der Waals surface area contributed by atoms with E-state index < -0.39 is 0 Å². The van der Waals surface area contributed by atoms with Crippen LogP contribution in [0.5, 0.6) is 0 Å². The standard InChI is InChI=1S/C18H20BrN9/c1-26-6-8-27(9-7-26)18-24-16-12(19)10-21-28(16)17(25-18)20-11-15-22-13-4-2-3-5-14(13)23-15/h2-5,10H,6-9,11H2,1H3,(H,22,23)(H,20,24,25). The van der Waals surface area contributed by atoms with Gasteiger partial charge in [-0.05, 0) is 35.1 Å². The maximum Gasteiger partial charge on any atom is 0.230 e. The number of benzene rings is 1. The van der Waals surface area contributed by atoms with E-state index in [1.54, 1.807) is 10.7 Å². The number of aromatic nitrogens is 6. The van der Waals surface area contributed by atoms with Crippen LogP contribution in [-0.4, -0.2) is 67.7 Å². The lowest BCUT2D eigenvalue weighted by Gasteiger charge is -2.32. The number of imidazole rings is 1. The SMILES string of the molecule is CN1CCN(c2nc(NCc3nc4ccccc4[nH]3)n3ncc(Br)c3n2)CC1. The third kappa shape index (κ3) is 3.18. The number of piperazine rings is 1. The molecule has 4 aromatic rings. The third-order valence-electron chi connectivity index (χ3n) is 4.95. The molecule has 5 rings (SSSR count). The number of hydrogen-bond acceptors (Lipinski definition) is 7. The van der Waals surface area contributed by atoms with Crippen molar-refractivity contribution in [2.24, 2.45) is 0 Å². The normalized spacial score (nSPS) is 15.6. The molecule has 1 fully saturated rings. The average molecular weight is 442 g/mol. The Morgan fingerprint density at radius 1 is 1.11 bits per heavy atom. The van der Waals surface area contributed by atoms with Gasteiger partial charge in [-0.3, -0.25) is 0 Å². The van der Waals surface area contributed by atoms with Crippen molar-refractivity contribution in [3.05, 3.63) is 40.8 Å². The number of nitrogens with zero attached hydrogens (tertiary/aromatic N) is 7. The highest BCUT2D eigenvalue weighted by molar-refractivity contribution is 9.10. The van der Waals surface area contributed by atoms with E-state index in [1.165, 1.54) is 0 Å². The van der Waals surface area contributed by atoms with Gasteiger partial charge in [-0.15, -0.1) is 0 Å². The van der Waals surface area contributed by atoms with Crippen molar-refractivity contribution in [1.82, 2.24) is 34.4 Å². The number of fused-ring (bicyclic) bond motifs is 2. The van der Waals surface area contributed by atoms with Gasteiger partial charge in [0.05, 0.1) is 28.2 Å². The Balaban J connectivity index is 1.45. The predicted octanol–water partition coefficient (Wildman–Crippen LogP) is 2.13. The molecule has 1 saturated heterocycles. The molecule has 0 radical (unpaired) electrons. The number of halogens is 1. The quantitative estimate of drug-likeness (QED) is 0.501. The van der Waals surface area contributed by atoms with Crippen molar-refractivity contribution in [3.63, 3.8) is 0 Å². The van der Waals surface area contributed by atoms with E-state index in [1.807, 2.05) is 24.3 Å². The molecule has 1 aliphatic rings. The van der Waals surface area contributed by atoms with Crippen LogP contribution in [0.1, 0.15) is 5.82 Å². The van der Waals surface area contributed by atoms with Crippen LogP contribution < -0.4 is 10.2 Å². The van der Waals surface area contributed by atoms with Gasteiger partial charge in [0.25, 0.3) is 0 Å².